The number of hydrogen-bond donors (Lipinski definition) is 2. The smallest absolute Gasteiger partial charge is 0.257 e. The predicted molar refractivity (Wildman–Crippen MR) is 76.6 cm³/mol. The highest BCUT2D eigenvalue weighted by atomic mass is 35.5. The summed E-state index contributed by atoms with van der Waals surface area (Å²) in [5, 5.41) is 3.13. The summed E-state index contributed by atoms with van der Waals surface area (Å²) in [6.07, 6.45) is 0. The molecule has 0 aliphatic carbocycles. The summed E-state index contributed by atoms with van der Waals surface area (Å²) in [7, 11) is 0. The summed E-state index contributed by atoms with van der Waals surface area (Å²) in [6, 6.07) is 15.6. The Bertz CT molecular complexity index is 594. The van der Waals surface area contributed by atoms with Crippen LogP contribution in [0.1, 0.15) is 10.4 Å². The van der Waals surface area contributed by atoms with Gasteiger partial charge in [0.2, 0.25) is 5.96 Å². The Morgan fingerprint density at radius 3 is 2.32 bits per heavy atom. The molecule has 5 heteroatoms. The van der Waals surface area contributed by atoms with Crippen molar-refractivity contribution in [2.24, 2.45) is 10.7 Å². The molecular weight excluding hydrogens is 262 g/mol. The van der Waals surface area contributed by atoms with Crippen LogP contribution in [0.3, 0.4) is 0 Å². The molecule has 0 radical (unpaired) electrons. The van der Waals surface area contributed by atoms with E-state index in [1.54, 1.807) is 48.5 Å². The molecule has 0 atom stereocenters. The van der Waals surface area contributed by atoms with E-state index in [9.17, 15) is 4.79 Å². The van der Waals surface area contributed by atoms with Crippen molar-refractivity contribution < 1.29 is 4.79 Å². The summed E-state index contributed by atoms with van der Waals surface area (Å²) >= 11 is 5.76. The molecule has 0 aromatic heterocycles. The number of nitrogens with zero attached hydrogens (tertiary/aromatic N) is 1. The van der Waals surface area contributed by atoms with Crippen LogP contribution in [0.2, 0.25) is 5.02 Å². The van der Waals surface area contributed by atoms with Crippen molar-refractivity contribution in [3.8, 4) is 0 Å². The van der Waals surface area contributed by atoms with Crippen LogP contribution in [0.4, 0.5) is 5.69 Å². The van der Waals surface area contributed by atoms with Gasteiger partial charge in [0.25, 0.3) is 5.91 Å². The number of benzene rings is 2. The van der Waals surface area contributed by atoms with Gasteiger partial charge in [-0.1, -0.05) is 29.8 Å². The number of carbonyl (C=O) groups is 1. The topological polar surface area (TPSA) is 67.5 Å². The van der Waals surface area contributed by atoms with E-state index in [1.807, 2.05) is 6.07 Å². The number of amides is 1. The largest absolute Gasteiger partial charge is 0.369 e. The minimum absolute atomic E-state index is 0.0381. The molecule has 2 rings (SSSR count). The van der Waals surface area contributed by atoms with Gasteiger partial charge in [0.1, 0.15) is 0 Å². The van der Waals surface area contributed by atoms with Gasteiger partial charge in [0.05, 0.1) is 5.69 Å². The number of hydrogen-bond acceptors (Lipinski definition) is 2. The normalized spacial score (nSPS) is 11.1. The van der Waals surface area contributed by atoms with E-state index in [1.165, 1.54) is 0 Å². The first-order valence-corrected chi connectivity index (χ1v) is 5.99. The number of aliphatic imine (C=N–C) groups is 1. The molecule has 2 aromatic carbocycles. The molecule has 0 heterocycles. The molecule has 0 bridgehead atoms. The second-order valence-electron chi connectivity index (χ2n) is 3.79. The fourth-order valence-corrected chi connectivity index (χ4v) is 1.59. The Morgan fingerprint density at radius 1 is 1.05 bits per heavy atom. The van der Waals surface area contributed by atoms with Crippen molar-refractivity contribution in [2.45, 2.75) is 0 Å². The number of carbonyl (C=O) groups excluding carboxylic acids is 1. The van der Waals surface area contributed by atoms with Gasteiger partial charge >= 0.3 is 0 Å². The fraction of sp³-hybridized carbons (Fsp3) is 0. The average Bonchev–Trinajstić information content (AvgIpc) is 2.42. The molecule has 0 saturated heterocycles. The lowest BCUT2D eigenvalue weighted by atomic mass is 10.2. The molecule has 96 valence electrons. The maximum absolute atomic E-state index is 11.8. The van der Waals surface area contributed by atoms with E-state index in [4.69, 9.17) is 17.3 Å². The zero-order valence-corrected chi connectivity index (χ0v) is 10.8. The zero-order valence-electron chi connectivity index (χ0n) is 10.0. The van der Waals surface area contributed by atoms with Crippen molar-refractivity contribution in [1.29, 1.82) is 0 Å². The summed E-state index contributed by atoms with van der Waals surface area (Å²) < 4.78 is 0. The van der Waals surface area contributed by atoms with Crippen LogP contribution in [-0.2, 0) is 0 Å². The van der Waals surface area contributed by atoms with Crippen LogP contribution < -0.4 is 11.1 Å². The molecule has 0 unspecified atom stereocenters. The molecular formula is C14H12ClN3O. The monoisotopic (exact) mass is 273 g/mol. The minimum atomic E-state index is -0.296. The summed E-state index contributed by atoms with van der Waals surface area (Å²) in [5.41, 5.74) is 6.81. The van der Waals surface area contributed by atoms with Gasteiger partial charge < -0.3 is 5.73 Å². The van der Waals surface area contributed by atoms with Crippen LogP contribution in [0.5, 0.6) is 0 Å². The molecule has 2 aromatic rings. The lowest BCUT2D eigenvalue weighted by Crippen LogP contribution is -2.36. The first-order valence-electron chi connectivity index (χ1n) is 5.61. The molecule has 0 spiro atoms. The van der Waals surface area contributed by atoms with Crippen LogP contribution in [0.15, 0.2) is 59.6 Å². The molecule has 3 N–H and O–H groups in total. The maximum Gasteiger partial charge on any atom is 0.257 e. The summed E-state index contributed by atoms with van der Waals surface area (Å²) in [6.45, 7) is 0. The summed E-state index contributed by atoms with van der Waals surface area (Å²) in [4.78, 5) is 15.9. The molecule has 19 heavy (non-hydrogen) atoms. The Hall–Kier alpha value is -2.33. The second-order valence-corrected chi connectivity index (χ2v) is 4.23. The van der Waals surface area contributed by atoms with Crippen molar-refractivity contribution in [3.63, 3.8) is 0 Å². The van der Waals surface area contributed by atoms with Gasteiger partial charge in [0, 0.05) is 10.6 Å². The number of nitrogens with two attached hydrogens (primary N) is 1. The Kier molecular flexibility index (Phi) is 4.15. The van der Waals surface area contributed by atoms with E-state index in [0.717, 1.165) is 0 Å². The highest BCUT2D eigenvalue weighted by molar-refractivity contribution is 6.30. The Balaban J connectivity index is 2.07. The minimum Gasteiger partial charge on any atom is -0.369 e. The lowest BCUT2D eigenvalue weighted by Gasteiger charge is -2.04. The van der Waals surface area contributed by atoms with Gasteiger partial charge in [-0.05, 0) is 36.4 Å². The van der Waals surface area contributed by atoms with Gasteiger partial charge in [-0.3, -0.25) is 10.1 Å². The van der Waals surface area contributed by atoms with Crippen LogP contribution in [0, 0.1) is 0 Å². The number of halogens is 1. The van der Waals surface area contributed by atoms with Gasteiger partial charge in [-0.25, -0.2) is 4.99 Å². The van der Waals surface area contributed by atoms with E-state index in [0.29, 0.717) is 16.3 Å². The van der Waals surface area contributed by atoms with Gasteiger partial charge in [-0.2, -0.15) is 0 Å². The Labute approximate surface area is 115 Å². The third-order valence-electron chi connectivity index (χ3n) is 2.35. The molecule has 1 amide bonds. The van der Waals surface area contributed by atoms with Crippen LogP contribution in [0.25, 0.3) is 0 Å². The van der Waals surface area contributed by atoms with Gasteiger partial charge in [-0.15, -0.1) is 0 Å². The first kappa shape index (κ1) is 13.1. The SMILES string of the molecule is NC(=Nc1ccc(Cl)cc1)NC(=O)c1ccccc1. The zero-order chi connectivity index (χ0) is 13.7. The number of guanidine groups is 1. The highest BCUT2D eigenvalue weighted by Gasteiger charge is 2.05. The van der Waals surface area contributed by atoms with Gasteiger partial charge in [0.15, 0.2) is 0 Å². The fourth-order valence-electron chi connectivity index (χ4n) is 1.46. The molecule has 0 aliphatic rings. The predicted octanol–water partition coefficient (Wildman–Crippen LogP) is 2.72. The first-order chi connectivity index (χ1) is 9.15. The number of rotatable bonds is 2. The van der Waals surface area contributed by atoms with Crippen molar-refractivity contribution in [2.75, 3.05) is 0 Å². The van der Waals surface area contributed by atoms with E-state index in [-0.39, 0.29) is 11.9 Å². The van der Waals surface area contributed by atoms with E-state index < -0.39 is 0 Å². The van der Waals surface area contributed by atoms with Crippen molar-refractivity contribution >= 4 is 29.2 Å². The average molecular weight is 274 g/mol. The molecule has 0 fully saturated rings. The third-order valence-corrected chi connectivity index (χ3v) is 2.61. The summed E-state index contributed by atoms with van der Waals surface area (Å²) in [5.74, 6) is -0.257. The standard InChI is InChI=1S/C14H12ClN3O/c15-11-6-8-12(9-7-11)17-14(16)18-13(19)10-4-2-1-3-5-10/h1-9H,(H3,16,17,18,19). The Morgan fingerprint density at radius 2 is 1.68 bits per heavy atom. The van der Waals surface area contributed by atoms with Crippen LogP contribution in [-0.4, -0.2) is 11.9 Å². The molecule has 0 saturated carbocycles. The third kappa shape index (κ3) is 3.82. The van der Waals surface area contributed by atoms with E-state index in [2.05, 4.69) is 10.3 Å². The van der Waals surface area contributed by atoms with Crippen LogP contribution >= 0.6 is 11.6 Å². The maximum atomic E-state index is 11.8. The highest BCUT2D eigenvalue weighted by Crippen LogP contribution is 2.15. The van der Waals surface area contributed by atoms with Crippen molar-refractivity contribution in [1.82, 2.24) is 5.32 Å². The van der Waals surface area contributed by atoms with E-state index >= 15 is 0 Å². The molecule has 0 aliphatic heterocycles. The van der Waals surface area contributed by atoms with Crippen molar-refractivity contribution in [3.05, 3.63) is 65.2 Å². The molecule has 4 nitrogen and oxygen atoms in total. The second kappa shape index (κ2) is 6.02. The lowest BCUT2D eigenvalue weighted by molar-refractivity contribution is 0.0976. The quantitative estimate of drug-likeness (QED) is 0.652. The number of nitrogens with one attached hydrogen (secondary N) is 1.